The normalized spacial score (nSPS) is 9.88. The van der Waals surface area contributed by atoms with E-state index in [1.54, 1.807) is 7.11 Å². The Hall–Kier alpha value is -1.55. The number of nitrogens with one attached hydrogen (secondary N) is 1. The van der Waals surface area contributed by atoms with Crippen LogP contribution in [-0.2, 0) is 4.74 Å². The van der Waals surface area contributed by atoms with Crippen LogP contribution in [0.1, 0.15) is 6.92 Å². The van der Waals surface area contributed by atoms with Crippen molar-refractivity contribution in [2.75, 3.05) is 32.2 Å². The van der Waals surface area contributed by atoms with Crippen molar-refractivity contribution in [2.45, 2.75) is 6.92 Å². The molecular formula is C12H18N2O2. The highest BCUT2D eigenvalue weighted by Crippen LogP contribution is 2.09. The van der Waals surface area contributed by atoms with E-state index >= 15 is 0 Å². The first-order valence-corrected chi connectivity index (χ1v) is 5.19. The third-order valence-electron chi connectivity index (χ3n) is 1.83. The molecule has 0 aliphatic heterocycles. The first-order chi connectivity index (χ1) is 7.72. The van der Waals surface area contributed by atoms with Crippen LogP contribution in [0.2, 0.25) is 0 Å². The number of methoxy groups -OCH3 is 1. The molecule has 1 N–H and O–H groups in total. The number of hydrogen-bond donors (Lipinski definition) is 1. The van der Waals surface area contributed by atoms with Gasteiger partial charge in [0.2, 0.25) is 5.88 Å². The molecular weight excluding hydrogens is 204 g/mol. The Morgan fingerprint density at radius 1 is 1.50 bits per heavy atom. The standard InChI is InChI=1S/C12H18N2O2/c1-10(2)9-16-8-7-13-11-5-4-6-12(14-11)15-3/h4-6H,1,7-9H2,2-3H3,(H,13,14). The highest BCUT2D eigenvalue weighted by molar-refractivity contribution is 5.36. The van der Waals surface area contributed by atoms with Gasteiger partial charge in [0.25, 0.3) is 0 Å². The third kappa shape index (κ3) is 4.79. The molecule has 4 heteroatoms. The molecule has 4 nitrogen and oxygen atoms in total. The van der Waals surface area contributed by atoms with Crippen molar-refractivity contribution < 1.29 is 9.47 Å². The largest absolute Gasteiger partial charge is 0.481 e. The van der Waals surface area contributed by atoms with Crippen LogP contribution in [0.3, 0.4) is 0 Å². The summed E-state index contributed by atoms with van der Waals surface area (Å²) in [5.74, 6) is 1.39. The SMILES string of the molecule is C=C(C)COCCNc1cccc(OC)n1. The molecule has 1 aromatic heterocycles. The molecule has 0 aliphatic carbocycles. The first kappa shape index (κ1) is 12.5. The number of nitrogens with zero attached hydrogens (tertiary/aromatic N) is 1. The van der Waals surface area contributed by atoms with Crippen LogP contribution >= 0.6 is 0 Å². The van der Waals surface area contributed by atoms with Gasteiger partial charge in [-0.05, 0) is 13.0 Å². The summed E-state index contributed by atoms with van der Waals surface area (Å²) in [5, 5.41) is 3.15. The van der Waals surface area contributed by atoms with Crippen LogP contribution < -0.4 is 10.1 Å². The molecule has 0 aliphatic rings. The Morgan fingerprint density at radius 3 is 3.00 bits per heavy atom. The van der Waals surface area contributed by atoms with Gasteiger partial charge in [-0.3, -0.25) is 0 Å². The van der Waals surface area contributed by atoms with Crippen molar-refractivity contribution in [2.24, 2.45) is 0 Å². The van der Waals surface area contributed by atoms with E-state index in [0.717, 1.165) is 11.4 Å². The lowest BCUT2D eigenvalue weighted by molar-refractivity contribution is 0.167. The molecule has 1 heterocycles. The number of ether oxygens (including phenoxy) is 2. The topological polar surface area (TPSA) is 43.4 Å². The molecule has 0 radical (unpaired) electrons. The van der Waals surface area contributed by atoms with E-state index in [-0.39, 0.29) is 0 Å². The maximum atomic E-state index is 5.35. The summed E-state index contributed by atoms with van der Waals surface area (Å²) in [6.07, 6.45) is 0. The van der Waals surface area contributed by atoms with Crippen LogP contribution in [-0.4, -0.2) is 31.9 Å². The average Bonchev–Trinajstić information content (AvgIpc) is 2.28. The molecule has 1 aromatic rings. The van der Waals surface area contributed by atoms with Crippen molar-refractivity contribution in [3.63, 3.8) is 0 Å². The fourth-order valence-corrected chi connectivity index (χ4v) is 1.12. The highest BCUT2D eigenvalue weighted by Gasteiger charge is 1.96. The third-order valence-corrected chi connectivity index (χ3v) is 1.83. The summed E-state index contributed by atoms with van der Waals surface area (Å²) in [5.41, 5.74) is 1.03. The summed E-state index contributed by atoms with van der Waals surface area (Å²) in [6.45, 7) is 7.65. The van der Waals surface area contributed by atoms with E-state index in [1.807, 2.05) is 25.1 Å². The predicted octanol–water partition coefficient (Wildman–Crippen LogP) is 2.09. The predicted molar refractivity (Wildman–Crippen MR) is 64.9 cm³/mol. The molecule has 0 unspecified atom stereocenters. The van der Waals surface area contributed by atoms with Gasteiger partial charge in [-0.25, -0.2) is 0 Å². The summed E-state index contributed by atoms with van der Waals surface area (Å²) in [4.78, 5) is 4.22. The Balaban J connectivity index is 2.23. The second-order valence-electron chi connectivity index (χ2n) is 3.50. The Bertz CT molecular complexity index is 340. The lowest BCUT2D eigenvalue weighted by atomic mass is 10.4. The van der Waals surface area contributed by atoms with Crippen LogP contribution in [0.15, 0.2) is 30.4 Å². The highest BCUT2D eigenvalue weighted by atomic mass is 16.5. The van der Waals surface area contributed by atoms with Gasteiger partial charge in [0.15, 0.2) is 0 Å². The fourth-order valence-electron chi connectivity index (χ4n) is 1.12. The van der Waals surface area contributed by atoms with Crippen molar-refractivity contribution in [3.8, 4) is 5.88 Å². The zero-order valence-corrected chi connectivity index (χ0v) is 9.82. The number of aromatic nitrogens is 1. The molecule has 0 saturated heterocycles. The van der Waals surface area contributed by atoms with Crippen molar-refractivity contribution in [3.05, 3.63) is 30.4 Å². The molecule has 0 aromatic carbocycles. The van der Waals surface area contributed by atoms with Crippen molar-refractivity contribution in [1.82, 2.24) is 4.98 Å². The van der Waals surface area contributed by atoms with E-state index in [4.69, 9.17) is 9.47 Å². The van der Waals surface area contributed by atoms with Crippen molar-refractivity contribution in [1.29, 1.82) is 0 Å². The lowest BCUT2D eigenvalue weighted by Crippen LogP contribution is -2.11. The van der Waals surface area contributed by atoms with Crippen LogP contribution in [0.5, 0.6) is 5.88 Å². The summed E-state index contributed by atoms with van der Waals surface area (Å²) >= 11 is 0. The van der Waals surface area contributed by atoms with Crippen LogP contribution in [0, 0.1) is 0 Å². The molecule has 88 valence electrons. The molecule has 0 amide bonds. The Labute approximate surface area is 96.3 Å². The lowest BCUT2D eigenvalue weighted by Gasteiger charge is -2.07. The molecule has 0 saturated carbocycles. The van der Waals surface area contributed by atoms with Crippen molar-refractivity contribution >= 4 is 5.82 Å². The number of hydrogen-bond acceptors (Lipinski definition) is 4. The van der Waals surface area contributed by atoms with Gasteiger partial charge in [-0.15, -0.1) is 0 Å². The maximum Gasteiger partial charge on any atom is 0.214 e. The molecule has 0 bridgehead atoms. The van der Waals surface area contributed by atoms with Gasteiger partial charge in [-0.2, -0.15) is 4.98 Å². The summed E-state index contributed by atoms with van der Waals surface area (Å²) < 4.78 is 10.4. The fraction of sp³-hybridized carbons (Fsp3) is 0.417. The minimum Gasteiger partial charge on any atom is -0.481 e. The quantitative estimate of drug-likeness (QED) is 0.566. The zero-order chi connectivity index (χ0) is 11.8. The van der Waals surface area contributed by atoms with Crippen LogP contribution in [0.4, 0.5) is 5.82 Å². The molecule has 0 spiro atoms. The van der Waals surface area contributed by atoms with Gasteiger partial charge in [-0.1, -0.05) is 18.2 Å². The Kier molecular flexibility index (Phi) is 5.36. The molecule has 1 rings (SSSR count). The molecule has 16 heavy (non-hydrogen) atoms. The molecule has 0 fully saturated rings. The maximum absolute atomic E-state index is 5.35. The van der Waals surface area contributed by atoms with Gasteiger partial charge < -0.3 is 14.8 Å². The van der Waals surface area contributed by atoms with Gasteiger partial charge in [0, 0.05) is 12.6 Å². The number of rotatable bonds is 7. The second kappa shape index (κ2) is 6.85. The van der Waals surface area contributed by atoms with E-state index in [0.29, 0.717) is 25.6 Å². The number of pyridine rings is 1. The minimum absolute atomic E-state index is 0.604. The van der Waals surface area contributed by atoms with E-state index in [1.165, 1.54) is 0 Å². The van der Waals surface area contributed by atoms with E-state index in [9.17, 15) is 0 Å². The van der Waals surface area contributed by atoms with Gasteiger partial charge >= 0.3 is 0 Å². The molecule has 0 atom stereocenters. The summed E-state index contributed by atoms with van der Waals surface area (Å²) in [6, 6.07) is 5.59. The van der Waals surface area contributed by atoms with Gasteiger partial charge in [0.1, 0.15) is 5.82 Å². The van der Waals surface area contributed by atoms with E-state index < -0.39 is 0 Å². The minimum atomic E-state index is 0.604. The number of anilines is 1. The summed E-state index contributed by atoms with van der Waals surface area (Å²) in [7, 11) is 1.60. The monoisotopic (exact) mass is 222 g/mol. The Morgan fingerprint density at radius 2 is 2.31 bits per heavy atom. The first-order valence-electron chi connectivity index (χ1n) is 5.19. The smallest absolute Gasteiger partial charge is 0.214 e. The second-order valence-corrected chi connectivity index (χ2v) is 3.50. The van der Waals surface area contributed by atoms with E-state index in [2.05, 4.69) is 16.9 Å². The van der Waals surface area contributed by atoms with Crippen LogP contribution in [0.25, 0.3) is 0 Å². The average molecular weight is 222 g/mol. The van der Waals surface area contributed by atoms with Gasteiger partial charge in [0.05, 0.1) is 20.3 Å². The zero-order valence-electron chi connectivity index (χ0n) is 9.82.